The second kappa shape index (κ2) is 8.60. The van der Waals surface area contributed by atoms with Crippen molar-refractivity contribution in [3.05, 3.63) is 65.0 Å². The number of carbonyl (C=O) groups excluding carboxylic acids is 1. The Kier molecular flexibility index (Phi) is 6.50. The number of anilines is 1. The van der Waals surface area contributed by atoms with E-state index in [0.29, 0.717) is 13.1 Å². The third-order valence-corrected chi connectivity index (χ3v) is 4.14. The van der Waals surface area contributed by atoms with Crippen LogP contribution >= 0.6 is 0 Å². The lowest BCUT2D eigenvalue weighted by Crippen LogP contribution is -3.08. The van der Waals surface area contributed by atoms with Gasteiger partial charge in [0, 0.05) is 11.3 Å². The second-order valence-corrected chi connectivity index (χ2v) is 6.14. The molecule has 24 heavy (non-hydrogen) atoms. The highest BCUT2D eigenvalue weighted by Gasteiger charge is 2.14. The quantitative estimate of drug-likeness (QED) is 0.804. The smallest absolute Gasteiger partial charge is 0.279 e. The predicted molar refractivity (Wildman–Crippen MR) is 95.7 cm³/mol. The largest absolute Gasteiger partial charge is 0.326 e. The molecular weight excluding hydrogens is 303 g/mol. The third kappa shape index (κ3) is 4.90. The Labute approximate surface area is 143 Å². The summed E-state index contributed by atoms with van der Waals surface area (Å²) in [5.41, 5.74) is 4.31. The van der Waals surface area contributed by atoms with Crippen LogP contribution in [0.2, 0.25) is 0 Å². The molecule has 0 heterocycles. The van der Waals surface area contributed by atoms with E-state index in [-0.39, 0.29) is 11.7 Å². The molecule has 2 aromatic rings. The van der Waals surface area contributed by atoms with Crippen LogP contribution in [-0.2, 0) is 24.2 Å². The second-order valence-electron chi connectivity index (χ2n) is 6.14. The van der Waals surface area contributed by atoms with Gasteiger partial charge in [-0.25, -0.2) is 4.39 Å². The van der Waals surface area contributed by atoms with E-state index in [1.165, 1.54) is 23.3 Å². The van der Waals surface area contributed by atoms with Crippen LogP contribution in [-0.4, -0.2) is 19.5 Å². The number of hydrogen-bond donors (Lipinski definition) is 2. The summed E-state index contributed by atoms with van der Waals surface area (Å²) in [5.74, 6) is -0.234. The molecule has 4 heteroatoms. The van der Waals surface area contributed by atoms with E-state index in [0.717, 1.165) is 29.0 Å². The van der Waals surface area contributed by atoms with Crippen molar-refractivity contribution in [2.24, 2.45) is 0 Å². The molecule has 2 N–H and O–H groups in total. The summed E-state index contributed by atoms with van der Waals surface area (Å²) in [6.07, 6.45) is 1.78. The lowest BCUT2D eigenvalue weighted by Gasteiger charge is -2.17. The Balaban J connectivity index is 1.99. The summed E-state index contributed by atoms with van der Waals surface area (Å²) in [4.78, 5) is 13.5. The number of aryl methyl sites for hydroxylation is 2. The number of likely N-dealkylation sites (N-methyl/N-ethyl adjacent to an activating group) is 1. The molecule has 0 bridgehead atoms. The fourth-order valence-corrected chi connectivity index (χ4v) is 2.87. The Morgan fingerprint density at radius 3 is 2.17 bits per heavy atom. The van der Waals surface area contributed by atoms with Gasteiger partial charge < -0.3 is 10.2 Å². The highest BCUT2D eigenvalue weighted by atomic mass is 19.1. The van der Waals surface area contributed by atoms with Gasteiger partial charge in [-0.1, -0.05) is 44.2 Å². The van der Waals surface area contributed by atoms with Gasteiger partial charge in [-0.2, -0.15) is 0 Å². The zero-order valence-electron chi connectivity index (χ0n) is 14.7. The van der Waals surface area contributed by atoms with Crippen LogP contribution < -0.4 is 10.2 Å². The SMILES string of the molecule is CCc1cccc(CC)c1NC(=O)C[NH+](C)Cc1ccc(F)cc1. The molecule has 1 atom stereocenters. The number of halogens is 1. The minimum absolute atomic E-state index is 0.00483. The molecule has 0 aliphatic carbocycles. The van der Waals surface area contributed by atoms with Crippen LogP contribution in [0.1, 0.15) is 30.5 Å². The fraction of sp³-hybridized carbons (Fsp3) is 0.350. The number of carbonyl (C=O) groups is 1. The lowest BCUT2D eigenvalue weighted by atomic mass is 10.0. The maximum atomic E-state index is 12.9. The van der Waals surface area contributed by atoms with Gasteiger partial charge in [-0.05, 0) is 36.1 Å². The molecule has 1 unspecified atom stereocenters. The van der Waals surface area contributed by atoms with E-state index in [1.807, 2.05) is 13.1 Å². The van der Waals surface area contributed by atoms with Gasteiger partial charge in [-0.15, -0.1) is 0 Å². The van der Waals surface area contributed by atoms with Gasteiger partial charge in [-0.3, -0.25) is 4.79 Å². The Morgan fingerprint density at radius 1 is 1.04 bits per heavy atom. The standard InChI is InChI=1S/C20H25FN2O/c1-4-16-7-6-8-17(5-2)20(16)22-19(24)14-23(3)13-15-9-11-18(21)12-10-15/h6-12H,4-5,13-14H2,1-3H3,(H,22,24)/p+1. The number of benzene rings is 2. The predicted octanol–water partition coefficient (Wildman–Crippen LogP) is 2.60. The molecule has 0 aliphatic heterocycles. The molecule has 2 rings (SSSR count). The first-order valence-corrected chi connectivity index (χ1v) is 8.49. The Morgan fingerprint density at radius 2 is 1.62 bits per heavy atom. The number of rotatable bonds is 7. The maximum Gasteiger partial charge on any atom is 0.279 e. The molecule has 0 aliphatic rings. The highest BCUT2D eigenvalue weighted by molar-refractivity contribution is 5.93. The van der Waals surface area contributed by atoms with Crippen LogP contribution in [0.3, 0.4) is 0 Å². The molecule has 2 aromatic carbocycles. The summed E-state index contributed by atoms with van der Waals surface area (Å²) < 4.78 is 12.9. The van der Waals surface area contributed by atoms with Crippen molar-refractivity contribution in [1.29, 1.82) is 0 Å². The number of hydrogen-bond acceptors (Lipinski definition) is 1. The molecule has 128 valence electrons. The Bertz CT molecular complexity index is 660. The monoisotopic (exact) mass is 329 g/mol. The molecule has 0 radical (unpaired) electrons. The molecular formula is C20H26FN2O+. The fourth-order valence-electron chi connectivity index (χ4n) is 2.87. The average molecular weight is 329 g/mol. The zero-order chi connectivity index (χ0) is 17.5. The molecule has 0 saturated heterocycles. The number of nitrogens with one attached hydrogen (secondary N) is 2. The van der Waals surface area contributed by atoms with Crippen molar-refractivity contribution in [1.82, 2.24) is 0 Å². The summed E-state index contributed by atoms with van der Waals surface area (Å²) in [6, 6.07) is 12.6. The van der Waals surface area contributed by atoms with Crippen LogP contribution in [0.4, 0.5) is 10.1 Å². The molecule has 0 fully saturated rings. The summed E-state index contributed by atoms with van der Waals surface area (Å²) in [7, 11) is 1.97. The summed E-state index contributed by atoms with van der Waals surface area (Å²) in [5, 5.41) is 3.09. The van der Waals surface area contributed by atoms with Crippen molar-refractivity contribution in [2.45, 2.75) is 33.2 Å². The van der Waals surface area contributed by atoms with E-state index < -0.39 is 0 Å². The number of amides is 1. The van der Waals surface area contributed by atoms with Crippen molar-refractivity contribution < 1.29 is 14.1 Å². The van der Waals surface area contributed by atoms with Crippen molar-refractivity contribution in [3.63, 3.8) is 0 Å². The van der Waals surface area contributed by atoms with E-state index in [2.05, 4.69) is 31.3 Å². The highest BCUT2D eigenvalue weighted by Crippen LogP contribution is 2.22. The first-order chi connectivity index (χ1) is 11.5. The van der Waals surface area contributed by atoms with Crippen LogP contribution in [0.15, 0.2) is 42.5 Å². The van der Waals surface area contributed by atoms with Gasteiger partial charge in [0.05, 0.1) is 7.05 Å². The van der Waals surface area contributed by atoms with Crippen molar-refractivity contribution in [2.75, 3.05) is 18.9 Å². The van der Waals surface area contributed by atoms with Crippen molar-refractivity contribution >= 4 is 11.6 Å². The third-order valence-electron chi connectivity index (χ3n) is 4.14. The van der Waals surface area contributed by atoms with E-state index in [4.69, 9.17) is 0 Å². The van der Waals surface area contributed by atoms with Gasteiger partial charge >= 0.3 is 0 Å². The minimum atomic E-state index is -0.239. The first-order valence-electron chi connectivity index (χ1n) is 8.49. The average Bonchev–Trinajstić information content (AvgIpc) is 2.57. The van der Waals surface area contributed by atoms with Crippen LogP contribution in [0, 0.1) is 5.82 Å². The Hall–Kier alpha value is -2.20. The van der Waals surface area contributed by atoms with E-state index in [1.54, 1.807) is 12.1 Å². The number of para-hydroxylation sites is 1. The first kappa shape index (κ1) is 18.1. The molecule has 1 amide bonds. The normalized spacial score (nSPS) is 12.0. The molecule has 3 nitrogen and oxygen atoms in total. The molecule has 0 spiro atoms. The number of quaternary nitrogens is 1. The molecule has 0 aromatic heterocycles. The van der Waals surface area contributed by atoms with Gasteiger partial charge in [0.25, 0.3) is 5.91 Å². The summed E-state index contributed by atoms with van der Waals surface area (Å²) in [6.45, 7) is 5.25. The van der Waals surface area contributed by atoms with Gasteiger partial charge in [0.2, 0.25) is 0 Å². The maximum absolute atomic E-state index is 12.9. The lowest BCUT2D eigenvalue weighted by molar-refractivity contribution is -0.885. The zero-order valence-corrected chi connectivity index (χ0v) is 14.7. The minimum Gasteiger partial charge on any atom is -0.326 e. The van der Waals surface area contributed by atoms with Crippen LogP contribution in [0.5, 0.6) is 0 Å². The summed E-state index contributed by atoms with van der Waals surface area (Å²) >= 11 is 0. The topological polar surface area (TPSA) is 33.5 Å². The van der Waals surface area contributed by atoms with Gasteiger partial charge in [0.15, 0.2) is 6.54 Å². The van der Waals surface area contributed by atoms with E-state index in [9.17, 15) is 9.18 Å². The van der Waals surface area contributed by atoms with Crippen LogP contribution in [0.25, 0.3) is 0 Å². The molecule has 0 saturated carbocycles. The van der Waals surface area contributed by atoms with Crippen molar-refractivity contribution in [3.8, 4) is 0 Å². The van der Waals surface area contributed by atoms with Gasteiger partial charge in [0.1, 0.15) is 12.4 Å². The van der Waals surface area contributed by atoms with E-state index >= 15 is 0 Å².